The van der Waals surface area contributed by atoms with E-state index < -0.39 is 0 Å². The molecule has 16 aromatic rings. The second-order valence-corrected chi connectivity index (χ2v) is 30.0. The standard InChI is InChI=1S/C92H74BN3O/c1-90(2,3)60-44-49-79(73(52-60)57-27-12-10-13-28-57)95-81-51-59(86-67-34-16-18-36-69(67)87(70-37-19-17-35-68(70)86)72-39-26-38-71-66-33-22-25-42-85(66)97-89(71)72)43-47-75(81)93-76-48-46-63(94-77-40-23-20-31-64(77)65-32-21-24-41-78(65)94)56-82(76)96(84-55-62(92(7,8)9)54-83(95)88(84)93)80-50-45-61(91(4,5)6)53-74(80)58-29-14-11-15-30-58/h10-56H,1-9H3. The number of benzene rings is 14. The Balaban J connectivity index is 0.967. The van der Waals surface area contributed by atoms with Gasteiger partial charge < -0.3 is 18.8 Å². The highest BCUT2D eigenvalue weighted by molar-refractivity contribution is 7.00. The molecule has 0 spiro atoms. The zero-order valence-corrected chi connectivity index (χ0v) is 56.5. The summed E-state index contributed by atoms with van der Waals surface area (Å²) in [6.07, 6.45) is 0. The Labute approximate surface area is 568 Å². The largest absolute Gasteiger partial charge is 0.455 e. The summed E-state index contributed by atoms with van der Waals surface area (Å²) in [4.78, 5) is 5.34. The number of fused-ring (bicyclic) bond motifs is 12. The summed E-state index contributed by atoms with van der Waals surface area (Å²) in [6, 6.07) is 108. The van der Waals surface area contributed by atoms with Crippen molar-refractivity contribution in [3.8, 4) is 50.2 Å². The van der Waals surface area contributed by atoms with Crippen LogP contribution in [0.25, 0.3) is 115 Å². The second kappa shape index (κ2) is 21.7. The SMILES string of the molecule is CC(C)(C)c1ccc(N2c3cc(-c4c5ccccc5c(-c5cccc6c5oc5ccccc56)c5ccccc45)ccc3B3c4ccc(-n5c6ccccc6c6ccccc65)cc4N(c4ccc(C(C)(C)C)cc4-c4ccccc4)c4cc(C(C)(C)C)cc2c43)c(-c2ccccc2)c1. The Bertz CT molecular complexity index is 5800. The molecule has 0 fully saturated rings. The first kappa shape index (κ1) is 58.4. The van der Waals surface area contributed by atoms with Crippen LogP contribution < -0.4 is 26.2 Å². The van der Waals surface area contributed by atoms with Gasteiger partial charge in [-0.15, -0.1) is 0 Å². The van der Waals surface area contributed by atoms with Crippen molar-refractivity contribution in [2.75, 3.05) is 9.80 Å². The van der Waals surface area contributed by atoms with E-state index in [0.29, 0.717) is 0 Å². The van der Waals surface area contributed by atoms with Crippen LogP contribution in [0.5, 0.6) is 0 Å². The van der Waals surface area contributed by atoms with Crippen LogP contribution in [0.4, 0.5) is 34.1 Å². The van der Waals surface area contributed by atoms with Crippen molar-refractivity contribution in [3.63, 3.8) is 0 Å². The monoisotopic (exact) mass is 1250 g/mol. The number of hydrogen-bond acceptors (Lipinski definition) is 3. The Morgan fingerprint density at radius 1 is 0.289 bits per heavy atom. The van der Waals surface area contributed by atoms with E-state index in [1.807, 2.05) is 0 Å². The molecule has 0 bridgehead atoms. The first-order valence-corrected chi connectivity index (χ1v) is 34.3. The molecule has 4 heterocycles. The van der Waals surface area contributed by atoms with Gasteiger partial charge in [-0.05, 0) is 166 Å². The zero-order valence-electron chi connectivity index (χ0n) is 56.5. The maximum atomic E-state index is 6.88. The summed E-state index contributed by atoms with van der Waals surface area (Å²) in [6.45, 7) is 21.0. The average Bonchev–Trinajstić information content (AvgIpc) is 0.784. The summed E-state index contributed by atoms with van der Waals surface area (Å²) in [5, 5.41) is 9.45. The van der Waals surface area contributed by atoms with E-state index in [1.54, 1.807) is 0 Å². The highest BCUT2D eigenvalue weighted by atomic mass is 16.3. The molecule has 2 aliphatic heterocycles. The number of furan rings is 1. The lowest BCUT2D eigenvalue weighted by Gasteiger charge is -2.46. The quantitative estimate of drug-likeness (QED) is 0.117. The van der Waals surface area contributed by atoms with Crippen LogP contribution in [-0.2, 0) is 16.2 Å². The molecule has 0 saturated carbocycles. The molecule has 14 aromatic carbocycles. The van der Waals surface area contributed by atoms with Gasteiger partial charge in [-0.25, -0.2) is 0 Å². The molecule has 0 saturated heterocycles. The van der Waals surface area contributed by atoms with Gasteiger partial charge in [0.25, 0.3) is 6.71 Å². The lowest BCUT2D eigenvalue weighted by Crippen LogP contribution is -2.61. The number of aromatic nitrogens is 1. The molecular formula is C92H74BN3O. The van der Waals surface area contributed by atoms with Gasteiger partial charge in [-0.1, -0.05) is 275 Å². The molecule has 0 atom stereocenters. The van der Waals surface area contributed by atoms with E-state index in [2.05, 4.69) is 362 Å². The normalized spacial score (nSPS) is 13.1. The number of hydrogen-bond donors (Lipinski definition) is 0. The second-order valence-electron chi connectivity index (χ2n) is 30.0. The van der Waals surface area contributed by atoms with Gasteiger partial charge in [0, 0.05) is 72.2 Å². The summed E-state index contributed by atoms with van der Waals surface area (Å²) in [7, 11) is 0. The van der Waals surface area contributed by atoms with Gasteiger partial charge in [0.15, 0.2) is 0 Å². The smallest absolute Gasteiger partial charge is 0.252 e. The molecule has 0 aliphatic carbocycles. The highest BCUT2D eigenvalue weighted by Gasteiger charge is 2.46. The molecule has 466 valence electrons. The fourth-order valence-corrected chi connectivity index (χ4v) is 16.2. The lowest BCUT2D eigenvalue weighted by molar-refractivity contribution is 0.590. The predicted octanol–water partition coefficient (Wildman–Crippen LogP) is 23.6. The van der Waals surface area contributed by atoms with Gasteiger partial charge in [-0.2, -0.15) is 0 Å². The van der Waals surface area contributed by atoms with Crippen LogP contribution in [-0.4, -0.2) is 11.3 Å². The van der Waals surface area contributed by atoms with Crippen molar-refractivity contribution < 1.29 is 4.42 Å². The third kappa shape index (κ3) is 9.19. The van der Waals surface area contributed by atoms with Gasteiger partial charge in [-0.3, -0.25) is 0 Å². The summed E-state index contributed by atoms with van der Waals surface area (Å²) in [5.41, 5.74) is 28.7. The van der Waals surface area contributed by atoms with Crippen LogP contribution in [0.1, 0.15) is 79.0 Å². The number of anilines is 6. The van der Waals surface area contributed by atoms with Crippen LogP contribution in [0, 0.1) is 0 Å². The average molecular weight is 1250 g/mol. The van der Waals surface area contributed by atoms with Gasteiger partial charge in [0.05, 0.1) is 22.4 Å². The van der Waals surface area contributed by atoms with E-state index in [0.717, 1.165) is 61.5 Å². The molecule has 2 aromatic heterocycles. The molecule has 2 aliphatic rings. The maximum Gasteiger partial charge on any atom is 0.252 e. The minimum Gasteiger partial charge on any atom is -0.455 e. The van der Waals surface area contributed by atoms with Crippen molar-refractivity contribution >= 4 is 123 Å². The highest BCUT2D eigenvalue weighted by Crippen LogP contribution is 2.53. The van der Waals surface area contributed by atoms with Crippen molar-refractivity contribution in [1.29, 1.82) is 0 Å². The molecule has 4 nitrogen and oxygen atoms in total. The van der Waals surface area contributed by atoms with E-state index in [-0.39, 0.29) is 23.0 Å². The molecule has 5 heteroatoms. The molecule has 0 unspecified atom stereocenters. The number of para-hydroxylation sites is 4. The zero-order chi connectivity index (χ0) is 65.8. The predicted molar refractivity (Wildman–Crippen MR) is 415 cm³/mol. The third-order valence-corrected chi connectivity index (χ3v) is 21.0. The topological polar surface area (TPSA) is 24.6 Å². The van der Waals surface area contributed by atoms with E-state index in [9.17, 15) is 0 Å². The lowest BCUT2D eigenvalue weighted by atomic mass is 9.33. The van der Waals surface area contributed by atoms with Gasteiger partial charge in [0.1, 0.15) is 11.2 Å². The Morgan fingerprint density at radius 2 is 0.732 bits per heavy atom. The fraction of sp³-hybridized carbons (Fsp3) is 0.130. The Morgan fingerprint density at radius 3 is 1.26 bits per heavy atom. The molecule has 0 N–H and O–H groups in total. The van der Waals surface area contributed by atoms with Gasteiger partial charge >= 0.3 is 0 Å². The molecule has 97 heavy (non-hydrogen) atoms. The fourth-order valence-electron chi connectivity index (χ4n) is 16.2. The Hall–Kier alpha value is -11.1. The minimum absolute atomic E-state index is 0.102. The molecular weight excluding hydrogens is 1170 g/mol. The summed E-state index contributed by atoms with van der Waals surface area (Å²) in [5.74, 6) is 0. The van der Waals surface area contributed by atoms with Crippen molar-refractivity contribution in [2.45, 2.75) is 78.6 Å². The molecule has 0 amide bonds. The van der Waals surface area contributed by atoms with E-state index in [4.69, 9.17) is 4.42 Å². The van der Waals surface area contributed by atoms with Crippen molar-refractivity contribution in [1.82, 2.24) is 4.57 Å². The van der Waals surface area contributed by atoms with Crippen molar-refractivity contribution in [2.24, 2.45) is 0 Å². The van der Waals surface area contributed by atoms with Gasteiger partial charge in [0.2, 0.25) is 0 Å². The number of nitrogens with zero attached hydrogens (tertiary/aromatic N) is 3. The van der Waals surface area contributed by atoms with E-state index >= 15 is 0 Å². The minimum atomic E-state index is -0.269. The molecule has 0 radical (unpaired) electrons. The Kier molecular flexibility index (Phi) is 13.1. The first-order valence-electron chi connectivity index (χ1n) is 34.3. The summed E-state index contributed by atoms with van der Waals surface area (Å²) >= 11 is 0. The van der Waals surface area contributed by atoms with Crippen LogP contribution >= 0.6 is 0 Å². The molecule has 18 rings (SSSR count). The van der Waals surface area contributed by atoms with Crippen molar-refractivity contribution in [3.05, 3.63) is 302 Å². The van der Waals surface area contributed by atoms with E-state index in [1.165, 1.54) is 121 Å². The van der Waals surface area contributed by atoms with Crippen LogP contribution in [0.2, 0.25) is 0 Å². The third-order valence-electron chi connectivity index (χ3n) is 21.0. The summed E-state index contributed by atoms with van der Waals surface area (Å²) < 4.78 is 9.36. The van der Waals surface area contributed by atoms with Crippen LogP contribution in [0.3, 0.4) is 0 Å². The van der Waals surface area contributed by atoms with Crippen LogP contribution in [0.15, 0.2) is 290 Å². The maximum absolute atomic E-state index is 6.88. The number of rotatable bonds is 7. The first-order chi connectivity index (χ1) is 47.0.